The smallest absolute Gasteiger partial charge is 0.315 e. The van der Waals surface area contributed by atoms with Crippen LogP contribution >= 0.6 is 11.3 Å². The monoisotopic (exact) mass is 423 g/mol. The molecule has 8 nitrogen and oxygen atoms in total. The number of rotatable bonds is 6. The molecule has 9 heteroatoms. The number of thiazole rings is 1. The van der Waals surface area contributed by atoms with Gasteiger partial charge in [-0.25, -0.2) is 9.78 Å². The Morgan fingerprint density at radius 1 is 1.40 bits per heavy atom. The van der Waals surface area contributed by atoms with Crippen LogP contribution in [0.15, 0.2) is 47.2 Å². The maximum atomic E-state index is 11.5. The zero-order chi connectivity index (χ0) is 20.5. The summed E-state index contributed by atoms with van der Waals surface area (Å²) in [6.07, 6.45) is 5.44. The lowest BCUT2D eigenvalue weighted by molar-refractivity contribution is 0.201. The maximum absolute atomic E-state index is 11.5. The quantitative estimate of drug-likeness (QED) is 0.488. The molecule has 0 bridgehead atoms. The van der Waals surface area contributed by atoms with Gasteiger partial charge in [0, 0.05) is 48.9 Å². The predicted molar refractivity (Wildman–Crippen MR) is 115 cm³/mol. The second-order valence-electron chi connectivity index (χ2n) is 7.28. The van der Waals surface area contributed by atoms with Gasteiger partial charge in [0.15, 0.2) is 5.65 Å². The van der Waals surface area contributed by atoms with Crippen molar-refractivity contribution in [1.82, 2.24) is 20.2 Å². The summed E-state index contributed by atoms with van der Waals surface area (Å²) in [6.45, 7) is 2.10. The minimum atomic E-state index is -0.343. The number of ether oxygens (including phenoxy) is 1. The van der Waals surface area contributed by atoms with E-state index < -0.39 is 0 Å². The number of nitrogens with one attached hydrogen (secondary N) is 1. The average molecular weight is 423 g/mol. The van der Waals surface area contributed by atoms with Crippen LogP contribution in [0.1, 0.15) is 18.4 Å². The van der Waals surface area contributed by atoms with Crippen molar-refractivity contribution in [2.45, 2.75) is 25.4 Å². The van der Waals surface area contributed by atoms with Crippen molar-refractivity contribution in [3.63, 3.8) is 0 Å². The van der Waals surface area contributed by atoms with Crippen LogP contribution in [0.4, 0.5) is 4.79 Å². The number of fused-ring (bicyclic) bond motifs is 2. The molecule has 1 unspecified atom stereocenters. The van der Waals surface area contributed by atoms with E-state index in [2.05, 4.69) is 15.3 Å². The van der Waals surface area contributed by atoms with E-state index in [1.165, 1.54) is 11.3 Å². The van der Waals surface area contributed by atoms with Crippen molar-refractivity contribution in [2.75, 3.05) is 13.1 Å². The van der Waals surface area contributed by atoms with Crippen LogP contribution in [0.3, 0.4) is 0 Å². The minimum absolute atomic E-state index is 0.156. The molecule has 1 aromatic carbocycles. The molecular weight excluding hydrogens is 402 g/mol. The molecule has 3 aromatic heterocycles. The fourth-order valence-electron chi connectivity index (χ4n) is 3.87. The van der Waals surface area contributed by atoms with Gasteiger partial charge in [-0.15, -0.1) is 0 Å². The van der Waals surface area contributed by atoms with E-state index in [0.717, 1.165) is 40.6 Å². The molecule has 1 atom stereocenters. The van der Waals surface area contributed by atoms with Crippen LogP contribution in [0.25, 0.3) is 21.3 Å². The maximum Gasteiger partial charge on any atom is 0.315 e. The largest absolute Gasteiger partial charge is 0.464 e. The summed E-state index contributed by atoms with van der Waals surface area (Å²) >= 11 is 1.45. The highest BCUT2D eigenvalue weighted by molar-refractivity contribution is 7.20. The molecule has 0 radical (unpaired) electrons. The van der Waals surface area contributed by atoms with Crippen molar-refractivity contribution >= 4 is 38.7 Å². The number of hydrogen-bond donors (Lipinski definition) is 2. The molecule has 5 rings (SSSR count). The Balaban J connectivity index is 1.25. The fourth-order valence-corrected chi connectivity index (χ4v) is 4.66. The van der Waals surface area contributed by atoms with Gasteiger partial charge in [0.25, 0.3) is 5.19 Å². The summed E-state index contributed by atoms with van der Waals surface area (Å²) in [7, 11) is 0. The number of carbonyl (C=O) groups excluding carboxylic acids is 1. The van der Waals surface area contributed by atoms with E-state index in [4.69, 9.17) is 14.9 Å². The van der Waals surface area contributed by atoms with Gasteiger partial charge >= 0.3 is 6.03 Å². The third-order valence-corrected chi connectivity index (χ3v) is 6.22. The van der Waals surface area contributed by atoms with Crippen LogP contribution in [0.5, 0.6) is 10.9 Å². The molecule has 1 aliphatic rings. The summed E-state index contributed by atoms with van der Waals surface area (Å²) in [5, 5.41) is 5.00. The van der Waals surface area contributed by atoms with Gasteiger partial charge in [-0.1, -0.05) is 11.3 Å². The van der Waals surface area contributed by atoms with E-state index >= 15 is 0 Å². The number of amides is 2. The molecule has 4 aromatic rings. The van der Waals surface area contributed by atoms with Gasteiger partial charge in [-0.05, 0) is 37.1 Å². The number of furan rings is 1. The Hall–Kier alpha value is -3.17. The average Bonchev–Trinajstić information content (AvgIpc) is 3.46. The van der Waals surface area contributed by atoms with Crippen molar-refractivity contribution in [1.29, 1.82) is 0 Å². The molecule has 1 saturated heterocycles. The molecule has 30 heavy (non-hydrogen) atoms. The van der Waals surface area contributed by atoms with Crippen molar-refractivity contribution in [3.05, 3.63) is 48.4 Å². The zero-order valence-electron chi connectivity index (χ0n) is 16.2. The lowest BCUT2D eigenvalue weighted by atomic mass is 10.1. The van der Waals surface area contributed by atoms with Gasteiger partial charge in [-0.2, -0.15) is 4.98 Å². The highest BCUT2D eigenvalue weighted by Crippen LogP contribution is 2.32. The fraction of sp³-hybridized carbons (Fsp3) is 0.286. The lowest BCUT2D eigenvalue weighted by Gasteiger charge is -2.22. The van der Waals surface area contributed by atoms with E-state index in [0.29, 0.717) is 29.7 Å². The molecular formula is C21H21N5O3S. The number of hydrogen-bond acceptors (Lipinski definition) is 7. The SMILES string of the molecule is NC(=O)N1CCCC1CNCc1coc2cc(Oc3nc4ncccc4s3)ccc12. The third kappa shape index (κ3) is 3.69. The number of primary amides is 1. The van der Waals surface area contributed by atoms with Crippen LogP contribution in [-0.2, 0) is 6.54 Å². The van der Waals surface area contributed by atoms with Gasteiger partial charge in [0.05, 0.1) is 11.0 Å². The highest BCUT2D eigenvalue weighted by atomic mass is 32.1. The van der Waals surface area contributed by atoms with E-state index in [1.54, 1.807) is 17.4 Å². The number of benzene rings is 1. The molecule has 0 aliphatic carbocycles. The van der Waals surface area contributed by atoms with E-state index in [-0.39, 0.29) is 12.1 Å². The lowest BCUT2D eigenvalue weighted by Crippen LogP contribution is -2.44. The minimum Gasteiger partial charge on any atom is -0.464 e. The van der Waals surface area contributed by atoms with Gasteiger partial charge in [0.2, 0.25) is 0 Å². The van der Waals surface area contributed by atoms with Crippen LogP contribution in [-0.4, -0.2) is 40.0 Å². The number of aromatic nitrogens is 2. The van der Waals surface area contributed by atoms with Crippen LogP contribution in [0, 0.1) is 0 Å². The Morgan fingerprint density at radius 2 is 2.33 bits per heavy atom. The van der Waals surface area contributed by atoms with Crippen molar-refractivity contribution < 1.29 is 13.9 Å². The molecule has 154 valence electrons. The first-order valence-corrected chi connectivity index (χ1v) is 10.7. The Labute approximate surface area is 176 Å². The van der Waals surface area contributed by atoms with Crippen LogP contribution < -0.4 is 15.8 Å². The number of pyridine rings is 1. The van der Waals surface area contributed by atoms with Crippen molar-refractivity contribution in [2.24, 2.45) is 5.73 Å². The first-order chi connectivity index (χ1) is 14.7. The summed E-state index contributed by atoms with van der Waals surface area (Å²) in [4.78, 5) is 21.8. The van der Waals surface area contributed by atoms with Crippen LogP contribution in [0.2, 0.25) is 0 Å². The zero-order valence-corrected chi connectivity index (χ0v) is 17.0. The number of nitrogens with zero attached hydrogens (tertiary/aromatic N) is 3. The number of carbonyl (C=O) groups is 1. The van der Waals surface area contributed by atoms with Gasteiger partial charge < -0.3 is 25.1 Å². The molecule has 4 heterocycles. The summed E-state index contributed by atoms with van der Waals surface area (Å²) in [5.74, 6) is 0.665. The third-order valence-electron chi connectivity index (χ3n) is 5.33. The first kappa shape index (κ1) is 18.8. The second kappa shape index (κ2) is 7.92. The predicted octanol–water partition coefficient (Wildman–Crippen LogP) is 3.86. The second-order valence-corrected chi connectivity index (χ2v) is 8.28. The van der Waals surface area contributed by atoms with E-state index in [9.17, 15) is 4.79 Å². The standard InChI is InChI=1S/C21H21N5O3S/c22-20(27)26-8-2-3-14(26)11-23-10-13-12-28-17-9-15(5-6-16(13)17)29-21-25-19-18(30-21)4-1-7-24-19/h1,4-7,9,12,14,23H,2-3,8,10-11H2,(H2,22,27). The summed E-state index contributed by atoms with van der Waals surface area (Å²) < 4.78 is 12.6. The molecule has 3 N–H and O–H groups in total. The molecule has 2 amide bonds. The summed E-state index contributed by atoms with van der Waals surface area (Å²) in [6, 6.07) is 9.43. The number of nitrogens with two attached hydrogens (primary N) is 1. The molecule has 0 spiro atoms. The Bertz CT molecular complexity index is 1170. The normalized spacial score (nSPS) is 16.5. The summed E-state index contributed by atoms with van der Waals surface area (Å²) in [5.41, 5.74) is 7.94. The number of urea groups is 1. The topological polar surface area (TPSA) is 107 Å². The Morgan fingerprint density at radius 3 is 3.20 bits per heavy atom. The van der Waals surface area contributed by atoms with Gasteiger partial charge in [0.1, 0.15) is 11.3 Å². The molecule has 1 aliphatic heterocycles. The molecule has 0 saturated carbocycles. The van der Waals surface area contributed by atoms with Gasteiger partial charge in [-0.3, -0.25) is 0 Å². The molecule has 1 fully saturated rings. The van der Waals surface area contributed by atoms with E-state index in [1.807, 2.05) is 30.3 Å². The van der Waals surface area contributed by atoms with Crippen molar-refractivity contribution in [3.8, 4) is 10.9 Å². The highest BCUT2D eigenvalue weighted by Gasteiger charge is 2.26. The number of likely N-dealkylation sites (tertiary alicyclic amines) is 1. The Kier molecular flexibility index (Phi) is 4.97. The first-order valence-electron chi connectivity index (χ1n) is 9.84.